The molecule has 124 valence electrons. The SMILES string of the molecule is C[C@H](NC(=O)CCNC(=O)c1ccccc1)[C@@H]1C[C@H]2CC[C@H]1C2. The molecule has 1 aromatic carbocycles. The number of benzene rings is 1. The lowest BCUT2D eigenvalue weighted by Gasteiger charge is -2.28. The Kier molecular flexibility index (Phi) is 4.99. The van der Waals surface area contributed by atoms with E-state index in [-0.39, 0.29) is 17.9 Å². The minimum absolute atomic E-state index is 0.0358. The summed E-state index contributed by atoms with van der Waals surface area (Å²) >= 11 is 0. The second-order valence-electron chi connectivity index (χ2n) is 7.07. The number of amides is 2. The fraction of sp³-hybridized carbons (Fsp3) is 0.579. The van der Waals surface area contributed by atoms with E-state index in [1.54, 1.807) is 12.1 Å². The fourth-order valence-corrected chi connectivity index (χ4v) is 4.32. The van der Waals surface area contributed by atoms with Crippen molar-refractivity contribution in [2.75, 3.05) is 6.54 Å². The van der Waals surface area contributed by atoms with E-state index in [1.165, 1.54) is 25.7 Å². The maximum absolute atomic E-state index is 12.1. The van der Waals surface area contributed by atoms with Crippen LogP contribution in [0.25, 0.3) is 0 Å². The van der Waals surface area contributed by atoms with Gasteiger partial charge >= 0.3 is 0 Å². The molecule has 4 heteroatoms. The van der Waals surface area contributed by atoms with Gasteiger partial charge in [0.25, 0.3) is 5.91 Å². The van der Waals surface area contributed by atoms with E-state index >= 15 is 0 Å². The lowest BCUT2D eigenvalue weighted by Crippen LogP contribution is -2.41. The van der Waals surface area contributed by atoms with E-state index < -0.39 is 0 Å². The second-order valence-corrected chi connectivity index (χ2v) is 7.07. The molecule has 0 heterocycles. The Labute approximate surface area is 138 Å². The normalized spacial score (nSPS) is 26.7. The predicted molar refractivity (Wildman–Crippen MR) is 89.9 cm³/mol. The van der Waals surface area contributed by atoms with Gasteiger partial charge in [-0.2, -0.15) is 0 Å². The van der Waals surface area contributed by atoms with Gasteiger partial charge in [-0.25, -0.2) is 0 Å². The molecule has 4 atom stereocenters. The Hall–Kier alpha value is -1.84. The van der Waals surface area contributed by atoms with Gasteiger partial charge in [0.2, 0.25) is 5.91 Å². The molecule has 0 unspecified atom stereocenters. The van der Waals surface area contributed by atoms with Crippen LogP contribution in [0.4, 0.5) is 0 Å². The monoisotopic (exact) mass is 314 g/mol. The number of fused-ring (bicyclic) bond motifs is 2. The van der Waals surface area contributed by atoms with Gasteiger partial charge in [-0.15, -0.1) is 0 Å². The van der Waals surface area contributed by atoms with Crippen LogP contribution in [0.2, 0.25) is 0 Å². The van der Waals surface area contributed by atoms with Gasteiger partial charge in [-0.05, 0) is 56.1 Å². The van der Waals surface area contributed by atoms with E-state index in [0.717, 1.165) is 11.8 Å². The molecule has 0 radical (unpaired) electrons. The van der Waals surface area contributed by atoms with Crippen molar-refractivity contribution < 1.29 is 9.59 Å². The first-order valence-electron chi connectivity index (χ1n) is 8.76. The van der Waals surface area contributed by atoms with Crippen LogP contribution in [0.15, 0.2) is 30.3 Å². The molecule has 2 saturated carbocycles. The number of carbonyl (C=O) groups is 2. The van der Waals surface area contributed by atoms with Crippen LogP contribution in [0.5, 0.6) is 0 Å². The molecule has 23 heavy (non-hydrogen) atoms. The topological polar surface area (TPSA) is 58.2 Å². The molecule has 0 aliphatic heterocycles. The quantitative estimate of drug-likeness (QED) is 0.848. The van der Waals surface area contributed by atoms with Crippen molar-refractivity contribution >= 4 is 11.8 Å². The molecule has 2 bridgehead atoms. The van der Waals surface area contributed by atoms with Crippen LogP contribution in [0.1, 0.15) is 49.4 Å². The van der Waals surface area contributed by atoms with Crippen LogP contribution < -0.4 is 10.6 Å². The van der Waals surface area contributed by atoms with Crippen molar-refractivity contribution in [1.82, 2.24) is 10.6 Å². The average molecular weight is 314 g/mol. The average Bonchev–Trinajstić information content (AvgIpc) is 3.18. The molecular formula is C19H26N2O2. The predicted octanol–water partition coefficient (Wildman–Crippen LogP) is 2.75. The highest BCUT2D eigenvalue weighted by Gasteiger charge is 2.42. The van der Waals surface area contributed by atoms with Crippen LogP contribution in [-0.4, -0.2) is 24.4 Å². The molecule has 1 aromatic rings. The minimum Gasteiger partial charge on any atom is -0.353 e. The number of nitrogens with one attached hydrogen (secondary N) is 2. The summed E-state index contributed by atoms with van der Waals surface area (Å²) in [6.07, 6.45) is 5.69. The third-order valence-electron chi connectivity index (χ3n) is 5.50. The Morgan fingerprint density at radius 2 is 1.96 bits per heavy atom. The largest absolute Gasteiger partial charge is 0.353 e. The van der Waals surface area contributed by atoms with E-state index in [9.17, 15) is 9.59 Å². The first-order valence-corrected chi connectivity index (χ1v) is 8.76. The number of carbonyl (C=O) groups excluding carboxylic acids is 2. The van der Waals surface area contributed by atoms with Crippen molar-refractivity contribution in [3.05, 3.63) is 35.9 Å². The number of hydrogen-bond acceptors (Lipinski definition) is 2. The van der Waals surface area contributed by atoms with Crippen molar-refractivity contribution in [3.8, 4) is 0 Å². The third kappa shape index (κ3) is 3.92. The zero-order chi connectivity index (χ0) is 16.2. The van der Waals surface area contributed by atoms with Crippen LogP contribution in [0, 0.1) is 17.8 Å². The fourth-order valence-electron chi connectivity index (χ4n) is 4.32. The molecule has 2 fully saturated rings. The summed E-state index contributed by atoms with van der Waals surface area (Å²) in [6.45, 7) is 2.51. The molecule has 0 aromatic heterocycles. The van der Waals surface area contributed by atoms with Crippen molar-refractivity contribution in [3.63, 3.8) is 0 Å². The Morgan fingerprint density at radius 1 is 1.17 bits per heavy atom. The smallest absolute Gasteiger partial charge is 0.251 e. The van der Waals surface area contributed by atoms with E-state index in [0.29, 0.717) is 24.4 Å². The second kappa shape index (κ2) is 7.16. The van der Waals surface area contributed by atoms with Crippen molar-refractivity contribution in [1.29, 1.82) is 0 Å². The van der Waals surface area contributed by atoms with Gasteiger partial charge in [0.1, 0.15) is 0 Å². The molecule has 0 spiro atoms. The Morgan fingerprint density at radius 3 is 2.61 bits per heavy atom. The van der Waals surface area contributed by atoms with E-state index in [2.05, 4.69) is 17.6 Å². The zero-order valence-corrected chi connectivity index (χ0v) is 13.8. The zero-order valence-electron chi connectivity index (χ0n) is 13.8. The summed E-state index contributed by atoms with van der Waals surface area (Å²) in [4.78, 5) is 24.0. The Balaban J connectivity index is 1.37. The first kappa shape index (κ1) is 16.0. The molecule has 2 N–H and O–H groups in total. The summed E-state index contributed by atoms with van der Waals surface area (Å²) in [7, 11) is 0. The molecule has 2 aliphatic carbocycles. The summed E-state index contributed by atoms with van der Waals surface area (Å²) in [5.74, 6) is 2.27. The lowest BCUT2D eigenvalue weighted by molar-refractivity contribution is -0.122. The van der Waals surface area contributed by atoms with E-state index in [4.69, 9.17) is 0 Å². The lowest BCUT2D eigenvalue weighted by atomic mass is 9.84. The van der Waals surface area contributed by atoms with Crippen molar-refractivity contribution in [2.45, 2.75) is 45.1 Å². The summed E-state index contributed by atoms with van der Waals surface area (Å²) in [6, 6.07) is 9.33. The van der Waals surface area contributed by atoms with Gasteiger partial charge in [-0.1, -0.05) is 24.6 Å². The van der Waals surface area contributed by atoms with Crippen LogP contribution in [0.3, 0.4) is 0 Å². The summed E-state index contributed by atoms with van der Waals surface area (Å²) in [5, 5.41) is 5.93. The molecule has 2 amide bonds. The van der Waals surface area contributed by atoms with Gasteiger partial charge in [0.05, 0.1) is 0 Å². The highest BCUT2D eigenvalue weighted by molar-refractivity contribution is 5.94. The molecular weight excluding hydrogens is 288 g/mol. The first-order chi connectivity index (χ1) is 11.1. The van der Waals surface area contributed by atoms with Gasteiger partial charge in [-0.3, -0.25) is 9.59 Å². The highest BCUT2D eigenvalue weighted by atomic mass is 16.2. The maximum atomic E-state index is 12.1. The molecule has 0 saturated heterocycles. The molecule has 2 aliphatic rings. The maximum Gasteiger partial charge on any atom is 0.251 e. The summed E-state index contributed by atoms with van der Waals surface area (Å²) in [5.41, 5.74) is 0.628. The van der Waals surface area contributed by atoms with Crippen LogP contribution >= 0.6 is 0 Å². The minimum atomic E-state index is -0.125. The van der Waals surface area contributed by atoms with E-state index in [1.807, 2.05) is 18.2 Å². The number of rotatable bonds is 6. The van der Waals surface area contributed by atoms with Gasteiger partial charge in [0.15, 0.2) is 0 Å². The molecule has 3 rings (SSSR count). The number of hydrogen-bond donors (Lipinski definition) is 2. The highest BCUT2D eigenvalue weighted by Crippen LogP contribution is 2.49. The van der Waals surface area contributed by atoms with Gasteiger partial charge in [0, 0.05) is 24.6 Å². The Bertz CT molecular complexity index is 558. The standard InChI is InChI=1S/C19H26N2O2/c1-13(17-12-14-7-8-16(17)11-14)21-18(22)9-10-20-19(23)15-5-3-2-4-6-15/h2-6,13-14,16-17H,7-12H2,1H3,(H,20,23)(H,21,22)/t13-,14-,16-,17-/m0/s1. The van der Waals surface area contributed by atoms with Gasteiger partial charge < -0.3 is 10.6 Å². The van der Waals surface area contributed by atoms with Crippen molar-refractivity contribution in [2.24, 2.45) is 17.8 Å². The van der Waals surface area contributed by atoms with Crippen LogP contribution in [-0.2, 0) is 4.79 Å². The summed E-state index contributed by atoms with van der Waals surface area (Å²) < 4.78 is 0. The molecule has 4 nitrogen and oxygen atoms in total. The third-order valence-corrected chi connectivity index (χ3v) is 5.50.